The van der Waals surface area contributed by atoms with Crippen molar-refractivity contribution < 1.29 is 9.53 Å². The molecular formula is C17H20O2. The second-order valence-corrected chi connectivity index (χ2v) is 5.77. The first kappa shape index (κ1) is 12.5. The van der Waals surface area contributed by atoms with Crippen LogP contribution in [0.25, 0.3) is 0 Å². The van der Waals surface area contributed by atoms with Crippen LogP contribution in [0.5, 0.6) is 0 Å². The van der Waals surface area contributed by atoms with Gasteiger partial charge < -0.3 is 4.74 Å². The molecule has 1 saturated carbocycles. The number of fused-ring (bicyclic) bond motifs is 3. The molecule has 1 fully saturated rings. The molecule has 1 aromatic rings. The summed E-state index contributed by atoms with van der Waals surface area (Å²) >= 11 is 0. The predicted octanol–water partition coefficient (Wildman–Crippen LogP) is 3.64. The molecule has 100 valence electrons. The van der Waals surface area contributed by atoms with Gasteiger partial charge in [0, 0.05) is 5.92 Å². The molecule has 0 spiro atoms. The van der Waals surface area contributed by atoms with Gasteiger partial charge in [0.1, 0.15) is 0 Å². The van der Waals surface area contributed by atoms with Crippen LogP contribution in [-0.4, -0.2) is 13.1 Å². The molecule has 0 aromatic heterocycles. The number of allylic oxidation sites excluding steroid dienone is 1. The molecule has 0 N–H and O–H groups in total. The molecule has 2 aliphatic rings. The highest BCUT2D eigenvalue weighted by Gasteiger charge is 2.70. The molecule has 0 saturated heterocycles. The van der Waals surface area contributed by atoms with E-state index in [4.69, 9.17) is 4.74 Å². The van der Waals surface area contributed by atoms with E-state index in [1.807, 2.05) is 13.0 Å². The quantitative estimate of drug-likeness (QED) is 0.596. The van der Waals surface area contributed by atoms with Gasteiger partial charge in [-0.2, -0.15) is 0 Å². The average molecular weight is 256 g/mol. The van der Waals surface area contributed by atoms with Gasteiger partial charge in [0.25, 0.3) is 0 Å². The average Bonchev–Trinajstić information content (AvgIpc) is 3.07. The predicted molar refractivity (Wildman–Crippen MR) is 75.0 cm³/mol. The molecule has 2 aliphatic carbocycles. The van der Waals surface area contributed by atoms with Gasteiger partial charge in [0.05, 0.1) is 12.5 Å². The SMILES string of the molecule is C/C=C/[C@]1(C(=O)OC)[C@@H]2c3ccccc3[C@H](C)C[C@@H]21. The first-order valence-corrected chi connectivity index (χ1v) is 6.98. The third-order valence-electron chi connectivity index (χ3n) is 4.87. The molecule has 4 atom stereocenters. The Morgan fingerprint density at radius 1 is 1.37 bits per heavy atom. The van der Waals surface area contributed by atoms with Crippen molar-refractivity contribution in [2.75, 3.05) is 7.11 Å². The molecule has 0 bridgehead atoms. The summed E-state index contributed by atoms with van der Waals surface area (Å²) in [5.74, 6) is 1.16. The van der Waals surface area contributed by atoms with Crippen LogP contribution in [0.1, 0.15) is 43.2 Å². The Morgan fingerprint density at radius 3 is 2.68 bits per heavy atom. The highest BCUT2D eigenvalue weighted by Crippen LogP contribution is 2.72. The molecule has 2 nitrogen and oxygen atoms in total. The molecule has 0 heterocycles. The second-order valence-electron chi connectivity index (χ2n) is 5.77. The molecule has 0 unspecified atom stereocenters. The van der Waals surface area contributed by atoms with Gasteiger partial charge in [0.2, 0.25) is 0 Å². The van der Waals surface area contributed by atoms with Gasteiger partial charge in [-0.15, -0.1) is 0 Å². The number of carbonyl (C=O) groups excluding carboxylic acids is 1. The lowest BCUT2D eigenvalue weighted by atomic mass is 9.84. The summed E-state index contributed by atoms with van der Waals surface area (Å²) in [6.07, 6.45) is 5.12. The van der Waals surface area contributed by atoms with Crippen molar-refractivity contribution in [1.82, 2.24) is 0 Å². The van der Waals surface area contributed by atoms with Crippen LogP contribution in [0, 0.1) is 11.3 Å². The Kier molecular flexibility index (Phi) is 2.77. The number of esters is 1. The number of ether oxygens (including phenoxy) is 1. The number of benzene rings is 1. The summed E-state index contributed by atoms with van der Waals surface area (Å²) < 4.78 is 5.08. The van der Waals surface area contributed by atoms with Crippen LogP contribution in [0.15, 0.2) is 36.4 Å². The Balaban J connectivity index is 2.09. The van der Waals surface area contributed by atoms with Crippen LogP contribution in [-0.2, 0) is 9.53 Å². The molecule has 0 amide bonds. The van der Waals surface area contributed by atoms with Gasteiger partial charge in [0.15, 0.2) is 0 Å². The maximum absolute atomic E-state index is 12.3. The van der Waals surface area contributed by atoms with Crippen LogP contribution >= 0.6 is 0 Å². The van der Waals surface area contributed by atoms with Gasteiger partial charge in [-0.3, -0.25) is 4.79 Å². The molecule has 0 aliphatic heterocycles. The lowest BCUT2D eigenvalue weighted by Crippen LogP contribution is -2.18. The van der Waals surface area contributed by atoms with E-state index in [2.05, 4.69) is 37.3 Å². The fourth-order valence-corrected chi connectivity index (χ4v) is 4.06. The maximum atomic E-state index is 12.3. The van der Waals surface area contributed by atoms with E-state index in [0.29, 0.717) is 17.8 Å². The Morgan fingerprint density at radius 2 is 2.05 bits per heavy atom. The summed E-state index contributed by atoms with van der Waals surface area (Å²) in [7, 11) is 1.49. The summed E-state index contributed by atoms with van der Waals surface area (Å²) in [6, 6.07) is 8.54. The van der Waals surface area contributed by atoms with E-state index in [1.54, 1.807) is 0 Å². The summed E-state index contributed by atoms with van der Waals surface area (Å²) in [5.41, 5.74) is 2.33. The largest absolute Gasteiger partial charge is 0.468 e. The van der Waals surface area contributed by atoms with Crippen molar-refractivity contribution >= 4 is 5.97 Å². The zero-order valence-electron chi connectivity index (χ0n) is 11.7. The Bertz CT molecular complexity index is 546. The normalized spacial score (nSPS) is 35.6. The fraction of sp³-hybridized carbons (Fsp3) is 0.471. The minimum absolute atomic E-state index is 0.0792. The van der Waals surface area contributed by atoms with Gasteiger partial charge in [-0.25, -0.2) is 0 Å². The highest BCUT2D eigenvalue weighted by atomic mass is 16.5. The molecule has 1 aromatic carbocycles. The smallest absolute Gasteiger partial charge is 0.316 e. The topological polar surface area (TPSA) is 26.3 Å². The van der Waals surface area contributed by atoms with Crippen molar-refractivity contribution in [3.8, 4) is 0 Å². The van der Waals surface area contributed by atoms with Crippen molar-refractivity contribution in [2.45, 2.75) is 32.1 Å². The molecule has 2 heteroatoms. The minimum Gasteiger partial charge on any atom is -0.468 e. The first-order valence-electron chi connectivity index (χ1n) is 6.98. The van der Waals surface area contributed by atoms with Crippen molar-refractivity contribution in [3.05, 3.63) is 47.5 Å². The molecule has 3 rings (SSSR count). The molecule has 19 heavy (non-hydrogen) atoms. The minimum atomic E-state index is -0.412. The summed E-state index contributed by atoms with van der Waals surface area (Å²) in [5, 5.41) is 0. The lowest BCUT2D eigenvalue weighted by molar-refractivity contribution is -0.145. The second kappa shape index (κ2) is 4.22. The monoisotopic (exact) mass is 256 g/mol. The van der Waals surface area contributed by atoms with Gasteiger partial charge in [-0.05, 0) is 36.3 Å². The zero-order valence-corrected chi connectivity index (χ0v) is 11.7. The molecule has 0 radical (unpaired) electrons. The van der Waals surface area contributed by atoms with Crippen LogP contribution in [0.3, 0.4) is 0 Å². The Hall–Kier alpha value is -1.57. The van der Waals surface area contributed by atoms with E-state index in [1.165, 1.54) is 18.2 Å². The van der Waals surface area contributed by atoms with Crippen LogP contribution in [0.2, 0.25) is 0 Å². The number of hydrogen-bond acceptors (Lipinski definition) is 2. The highest BCUT2D eigenvalue weighted by molar-refractivity contribution is 5.86. The van der Waals surface area contributed by atoms with E-state index in [0.717, 1.165) is 6.42 Å². The molecular weight excluding hydrogens is 236 g/mol. The van der Waals surface area contributed by atoms with E-state index >= 15 is 0 Å². The van der Waals surface area contributed by atoms with Gasteiger partial charge >= 0.3 is 5.97 Å². The summed E-state index contributed by atoms with van der Waals surface area (Å²) in [4.78, 5) is 12.3. The summed E-state index contributed by atoms with van der Waals surface area (Å²) in [6.45, 7) is 4.23. The first-order chi connectivity index (χ1) is 9.16. The number of rotatable bonds is 2. The van der Waals surface area contributed by atoms with E-state index < -0.39 is 5.41 Å². The standard InChI is InChI=1S/C17H20O2/c1-4-9-17(16(18)19-3)14-10-11(2)12-7-5-6-8-13(12)15(14)17/h4-9,11,14-15H,10H2,1-3H3/b9-4+/t11-,14+,15-,17-/m1/s1. The van der Waals surface area contributed by atoms with E-state index in [9.17, 15) is 4.79 Å². The van der Waals surface area contributed by atoms with Crippen LogP contribution in [0.4, 0.5) is 0 Å². The number of hydrogen-bond donors (Lipinski definition) is 0. The zero-order chi connectivity index (χ0) is 13.6. The third kappa shape index (κ3) is 1.52. The third-order valence-corrected chi connectivity index (χ3v) is 4.87. The van der Waals surface area contributed by atoms with E-state index in [-0.39, 0.29) is 5.97 Å². The number of methoxy groups -OCH3 is 1. The maximum Gasteiger partial charge on any atom is 0.316 e. The van der Waals surface area contributed by atoms with Crippen LogP contribution < -0.4 is 0 Å². The Labute approximate surface area is 114 Å². The van der Waals surface area contributed by atoms with Gasteiger partial charge in [-0.1, -0.05) is 43.3 Å². The van der Waals surface area contributed by atoms with Crippen molar-refractivity contribution in [1.29, 1.82) is 0 Å². The lowest BCUT2D eigenvalue weighted by Gasteiger charge is -2.20. The van der Waals surface area contributed by atoms with Crippen molar-refractivity contribution in [2.24, 2.45) is 11.3 Å². The van der Waals surface area contributed by atoms with Crippen molar-refractivity contribution in [3.63, 3.8) is 0 Å². The number of carbonyl (C=O) groups is 1. The fourth-order valence-electron chi connectivity index (χ4n) is 4.06.